The second-order valence-electron chi connectivity index (χ2n) is 6.85. The molecular formula is C23H30NO6P. The molecule has 0 fully saturated rings. The van der Waals surface area contributed by atoms with Crippen LogP contribution in [0.1, 0.15) is 26.7 Å². The number of rotatable bonds is 12. The van der Waals surface area contributed by atoms with Gasteiger partial charge >= 0.3 is 11.9 Å². The molecule has 2 rings (SSSR count). The Morgan fingerprint density at radius 2 is 1.32 bits per heavy atom. The summed E-state index contributed by atoms with van der Waals surface area (Å²) in [6, 6.07) is 18.1. The smallest absolute Gasteiger partial charge is 0.320 e. The molecule has 8 heteroatoms. The standard InChI is InChI=1S/C23H30NO6P/c1-4-28-22(25)21(23(26)29-5-2)17-12-18-24(3)30-31(27,19-13-8-6-9-14-19)20-15-10-7-11-16-20/h6-11,13-16,21H,4-5,12,17-18H2,1-3H3. The first kappa shape index (κ1) is 24.8. The van der Waals surface area contributed by atoms with Crippen LogP contribution < -0.4 is 10.6 Å². The number of esters is 2. The van der Waals surface area contributed by atoms with Gasteiger partial charge in [-0.3, -0.25) is 14.2 Å². The Hall–Kier alpha value is -2.47. The van der Waals surface area contributed by atoms with Crippen LogP contribution in [-0.4, -0.2) is 43.8 Å². The minimum absolute atomic E-state index is 0.190. The molecule has 0 aliphatic heterocycles. The fourth-order valence-electron chi connectivity index (χ4n) is 3.06. The molecule has 0 amide bonds. The van der Waals surface area contributed by atoms with Gasteiger partial charge in [0.1, 0.15) is 0 Å². The van der Waals surface area contributed by atoms with Crippen molar-refractivity contribution in [1.29, 1.82) is 0 Å². The Bertz CT molecular complexity index is 813. The number of hydroxylamine groups is 2. The summed E-state index contributed by atoms with van der Waals surface area (Å²) < 4.78 is 29.9. The van der Waals surface area contributed by atoms with Crippen LogP contribution in [0, 0.1) is 5.92 Å². The molecule has 0 aliphatic carbocycles. The van der Waals surface area contributed by atoms with Crippen molar-refractivity contribution < 1.29 is 28.3 Å². The molecule has 0 spiro atoms. The van der Waals surface area contributed by atoms with E-state index in [1.54, 1.807) is 45.2 Å². The Morgan fingerprint density at radius 3 is 1.74 bits per heavy atom. The average Bonchev–Trinajstić information content (AvgIpc) is 2.78. The van der Waals surface area contributed by atoms with Gasteiger partial charge in [0.2, 0.25) is 0 Å². The molecule has 31 heavy (non-hydrogen) atoms. The highest BCUT2D eigenvalue weighted by Crippen LogP contribution is 2.45. The zero-order chi connectivity index (χ0) is 22.7. The van der Waals surface area contributed by atoms with Gasteiger partial charge in [-0.2, -0.15) is 5.06 Å². The van der Waals surface area contributed by atoms with Crippen LogP contribution in [-0.2, 0) is 28.3 Å². The van der Waals surface area contributed by atoms with E-state index in [0.717, 1.165) is 0 Å². The van der Waals surface area contributed by atoms with Gasteiger partial charge in [0.15, 0.2) is 5.92 Å². The summed E-state index contributed by atoms with van der Waals surface area (Å²) in [5.74, 6) is -2.17. The molecule has 0 unspecified atom stereocenters. The highest BCUT2D eigenvalue weighted by Gasteiger charge is 2.32. The van der Waals surface area contributed by atoms with E-state index in [2.05, 4.69) is 0 Å². The van der Waals surface area contributed by atoms with E-state index in [4.69, 9.17) is 14.1 Å². The van der Waals surface area contributed by atoms with Crippen LogP contribution in [0.15, 0.2) is 60.7 Å². The Morgan fingerprint density at radius 1 is 0.871 bits per heavy atom. The van der Waals surface area contributed by atoms with Crippen LogP contribution in [0.4, 0.5) is 0 Å². The number of ether oxygens (including phenoxy) is 2. The molecule has 0 aliphatic rings. The number of hydrogen-bond donors (Lipinski definition) is 0. The normalized spacial score (nSPS) is 11.5. The van der Waals surface area contributed by atoms with Crippen molar-refractivity contribution in [3.63, 3.8) is 0 Å². The largest absolute Gasteiger partial charge is 0.465 e. The Kier molecular flexibility index (Phi) is 9.92. The van der Waals surface area contributed by atoms with Gasteiger partial charge in [-0.05, 0) is 51.0 Å². The minimum atomic E-state index is -3.36. The van der Waals surface area contributed by atoms with Crippen molar-refractivity contribution in [2.75, 3.05) is 26.8 Å². The van der Waals surface area contributed by atoms with Crippen LogP contribution in [0.3, 0.4) is 0 Å². The molecule has 0 saturated heterocycles. The second kappa shape index (κ2) is 12.4. The summed E-state index contributed by atoms with van der Waals surface area (Å²) in [5.41, 5.74) is 0. The predicted octanol–water partition coefficient (Wildman–Crippen LogP) is 3.30. The van der Waals surface area contributed by atoms with Gasteiger partial charge in [0.25, 0.3) is 7.37 Å². The van der Waals surface area contributed by atoms with Gasteiger partial charge in [-0.25, -0.2) is 4.62 Å². The lowest BCUT2D eigenvalue weighted by Gasteiger charge is -2.25. The summed E-state index contributed by atoms with van der Waals surface area (Å²) in [6.45, 7) is 4.11. The maximum absolute atomic E-state index is 13.9. The molecule has 0 saturated carbocycles. The van der Waals surface area contributed by atoms with Crippen molar-refractivity contribution in [3.8, 4) is 0 Å². The lowest BCUT2D eigenvalue weighted by atomic mass is 10.0. The fourth-order valence-corrected chi connectivity index (χ4v) is 5.15. The molecule has 0 N–H and O–H groups in total. The summed E-state index contributed by atoms with van der Waals surface area (Å²) in [4.78, 5) is 24.2. The van der Waals surface area contributed by atoms with Crippen molar-refractivity contribution in [2.24, 2.45) is 5.92 Å². The van der Waals surface area contributed by atoms with Gasteiger partial charge in [0, 0.05) is 24.2 Å². The minimum Gasteiger partial charge on any atom is -0.465 e. The first-order chi connectivity index (χ1) is 14.9. The van der Waals surface area contributed by atoms with Gasteiger partial charge in [-0.15, -0.1) is 0 Å². The van der Waals surface area contributed by atoms with Gasteiger partial charge in [0.05, 0.1) is 13.2 Å². The highest BCUT2D eigenvalue weighted by atomic mass is 31.2. The number of nitrogens with zero attached hydrogens (tertiary/aromatic N) is 1. The molecule has 2 aromatic rings. The van der Waals surface area contributed by atoms with Crippen molar-refractivity contribution in [3.05, 3.63) is 60.7 Å². The summed E-state index contributed by atoms with van der Waals surface area (Å²) in [5, 5.41) is 2.67. The van der Waals surface area contributed by atoms with Crippen molar-refractivity contribution in [1.82, 2.24) is 5.06 Å². The monoisotopic (exact) mass is 447 g/mol. The van der Waals surface area contributed by atoms with Crippen LogP contribution >= 0.6 is 7.37 Å². The lowest BCUT2D eigenvalue weighted by molar-refractivity contribution is -0.162. The van der Waals surface area contributed by atoms with Crippen molar-refractivity contribution >= 4 is 29.9 Å². The molecule has 7 nitrogen and oxygen atoms in total. The maximum Gasteiger partial charge on any atom is 0.320 e. The first-order valence-corrected chi connectivity index (χ1v) is 12.0. The topological polar surface area (TPSA) is 82.1 Å². The molecule has 0 aromatic heterocycles. The summed E-state index contributed by atoms with van der Waals surface area (Å²) in [6.07, 6.45) is 0.689. The maximum atomic E-state index is 13.9. The van der Waals surface area contributed by atoms with E-state index in [-0.39, 0.29) is 19.6 Å². The highest BCUT2D eigenvalue weighted by molar-refractivity contribution is 7.74. The lowest BCUT2D eigenvalue weighted by Crippen LogP contribution is -2.30. The zero-order valence-electron chi connectivity index (χ0n) is 18.2. The Balaban J connectivity index is 2.07. The molecule has 0 heterocycles. The number of carbonyl (C=O) groups excluding carboxylic acids is 2. The van der Waals surface area contributed by atoms with E-state index in [1.165, 1.54) is 5.06 Å². The molecule has 168 valence electrons. The van der Waals surface area contributed by atoms with Gasteiger partial charge in [-0.1, -0.05) is 36.4 Å². The third-order valence-electron chi connectivity index (χ3n) is 4.55. The average molecular weight is 447 g/mol. The molecule has 0 bridgehead atoms. The Labute approximate surface area is 183 Å². The number of benzene rings is 2. The molecule has 0 radical (unpaired) electrons. The molecule has 0 atom stereocenters. The fraction of sp³-hybridized carbons (Fsp3) is 0.391. The van der Waals surface area contributed by atoms with Crippen LogP contribution in [0.25, 0.3) is 0 Å². The summed E-state index contributed by atoms with van der Waals surface area (Å²) >= 11 is 0. The zero-order valence-corrected chi connectivity index (χ0v) is 19.1. The predicted molar refractivity (Wildman–Crippen MR) is 119 cm³/mol. The van der Waals surface area contributed by atoms with E-state index < -0.39 is 25.2 Å². The summed E-state index contributed by atoms with van der Waals surface area (Å²) in [7, 11) is -1.68. The first-order valence-electron chi connectivity index (χ1n) is 10.4. The second-order valence-corrected chi connectivity index (χ2v) is 9.15. The van der Waals surface area contributed by atoms with E-state index in [0.29, 0.717) is 23.6 Å². The SMILES string of the molecule is CCOC(=O)C(CCCN(C)OP(=O)(c1ccccc1)c1ccccc1)C(=O)OCC. The number of carbonyl (C=O) groups is 2. The molecular weight excluding hydrogens is 417 g/mol. The third-order valence-corrected chi connectivity index (χ3v) is 7.02. The van der Waals surface area contributed by atoms with Gasteiger partial charge < -0.3 is 9.47 Å². The number of hydrogen-bond acceptors (Lipinski definition) is 7. The molecule has 2 aromatic carbocycles. The van der Waals surface area contributed by atoms with Crippen LogP contribution in [0.5, 0.6) is 0 Å². The van der Waals surface area contributed by atoms with Crippen LogP contribution in [0.2, 0.25) is 0 Å². The van der Waals surface area contributed by atoms with E-state index >= 15 is 0 Å². The third kappa shape index (κ3) is 7.03. The van der Waals surface area contributed by atoms with Crippen molar-refractivity contribution in [2.45, 2.75) is 26.7 Å². The van der Waals surface area contributed by atoms with E-state index in [1.807, 2.05) is 36.4 Å². The van der Waals surface area contributed by atoms with E-state index in [9.17, 15) is 14.2 Å². The quantitative estimate of drug-likeness (QED) is 0.214.